The zero-order valence-corrected chi connectivity index (χ0v) is 11.3. The molecule has 2 saturated carbocycles. The lowest BCUT2D eigenvalue weighted by molar-refractivity contribution is -0.141. The Labute approximate surface area is 107 Å². The molecule has 2 fully saturated rings. The Morgan fingerprint density at radius 3 is 2.71 bits per heavy atom. The van der Waals surface area contributed by atoms with Crippen LogP contribution in [0.3, 0.4) is 0 Å². The van der Waals surface area contributed by atoms with E-state index in [0.29, 0.717) is 11.7 Å². The summed E-state index contributed by atoms with van der Waals surface area (Å²) in [4.78, 5) is 11.3. The zero-order chi connectivity index (χ0) is 12.3. The van der Waals surface area contributed by atoms with E-state index in [4.69, 9.17) is 4.74 Å². The van der Waals surface area contributed by atoms with Gasteiger partial charge in [0, 0.05) is 5.25 Å². The van der Waals surface area contributed by atoms with Crippen LogP contribution in [-0.4, -0.2) is 35.3 Å². The molecule has 2 aliphatic rings. The van der Waals surface area contributed by atoms with Crippen molar-refractivity contribution in [1.82, 2.24) is 0 Å². The number of ether oxygens (including phenoxy) is 1. The second kappa shape index (κ2) is 5.61. The van der Waals surface area contributed by atoms with E-state index in [1.165, 1.54) is 13.5 Å². The SMILES string of the molecule is COC(=O)CC1(CS[C@@H]2CCCC[C@H]2O)CC1. The number of thioether (sulfide) groups is 1. The van der Waals surface area contributed by atoms with Crippen molar-refractivity contribution in [3.8, 4) is 0 Å². The van der Waals surface area contributed by atoms with Gasteiger partial charge in [-0.15, -0.1) is 0 Å². The molecular weight excluding hydrogens is 236 g/mol. The van der Waals surface area contributed by atoms with Crippen LogP contribution in [0.5, 0.6) is 0 Å². The van der Waals surface area contributed by atoms with E-state index >= 15 is 0 Å². The summed E-state index contributed by atoms with van der Waals surface area (Å²) in [5.41, 5.74) is 0.189. The van der Waals surface area contributed by atoms with Gasteiger partial charge >= 0.3 is 5.97 Å². The minimum absolute atomic E-state index is 0.0905. The highest BCUT2D eigenvalue weighted by molar-refractivity contribution is 8.00. The van der Waals surface area contributed by atoms with Gasteiger partial charge in [-0.3, -0.25) is 4.79 Å². The highest BCUT2D eigenvalue weighted by Gasteiger charge is 2.45. The highest BCUT2D eigenvalue weighted by atomic mass is 32.2. The van der Waals surface area contributed by atoms with E-state index < -0.39 is 0 Å². The van der Waals surface area contributed by atoms with Gasteiger partial charge in [0.15, 0.2) is 0 Å². The molecule has 2 atom stereocenters. The molecule has 0 radical (unpaired) electrons. The van der Waals surface area contributed by atoms with Crippen LogP contribution in [0.15, 0.2) is 0 Å². The molecule has 0 amide bonds. The molecule has 0 aromatic carbocycles. The van der Waals surface area contributed by atoms with Crippen molar-refractivity contribution >= 4 is 17.7 Å². The first-order valence-corrected chi connectivity index (χ1v) is 7.57. The van der Waals surface area contributed by atoms with Crippen LogP contribution in [-0.2, 0) is 9.53 Å². The number of carbonyl (C=O) groups is 1. The van der Waals surface area contributed by atoms with Crippen LogP contribution in [0.1, 0.15) is 44.9 Å². The van der Waals surface area contributed by atoms with Crippen molar-refractivity contribution in [1.29, 1.82) is 0 Å². The summed E-state index contributed by atoms with van der Waals surface area (Å²) in [6, 6.07) is 0. The Hall–Kier alpha value is -0.220. The number of hydrogen-bond acceptors (Lipinski definition) is 4. The normalized spacial score (nSPS) is 30.9. The maximum atomic E-state index is 11.3. The summed E-state index contributed by atoms with van der Waals surface area (Å²) in [6.07, 6.45) is 7.16. The van der Waals surface area contributed by atoms with Crippen LogP contribution < -0.4 is 0 Å². The standard InChI is InChI=1S/C13H22O3S/c1-16-12(15)8-13(6-7-13)9-17-11-5-3-2-4-10(11)14/h10-11,14H,2-9H2,1H3/t10-,11-/m1/s1. The molecule has 0 spiro atoms. The van der Waals surface area contributed by atoms with Gasteiger partial charge in [-0.05, 0) is 36.9 Å². The molecule has 0 saturated heterocycles. The lowest BCUT2D eigenvalue weighted by Gasteiger charge is -2.28. The molecule has 17 heavy (non-hydrogen) atoms. The van der Waals surface area contributed by atoms with Crippen LogP contribution in [0, 0.1) is 5.41 Å². The van der Waals surface area contributed by atoms with Crippen LogP contribution in [0.25, 0.3) is 0 Å². The van der Waals surface area contributed by atoms with Crippen molar-refractivity contribution in [3.63, 3.8) is 0 Å². The lowest BCUT2D eigenvalue weighted by atomic mass is 9.97. The molecule has 0 heterocycles. The molecule has 98 valence electrons. The van der Waals surface area contributed by atoms with Crippen LogP contribution >= 0.6 is 11.8 Å². The zero-order valence-electron chi connectivity index (χ0n) is 10.5. The average Bonchev–Trinajstić information content (AvgIpc) is 3.08. The summed E-state index contributed by atoms with van der Waals surface area (Å²) in [5.74, 6) is 0.913. The average molecular weight is 258 g/mol. The number of methoxy groups -OCH3 is 1. The maximum Gasteiger partial charge on any atom is 0.306 e. The third-order valence-corrected chi connectivity index (χ3v) is 5.73. The van der Waals surface area contributed by atoms with E-state index in [2.05, 4.69) is 0 Å². The van der Waals surface area contributed by atoms with Gasteiger partial charge in [-0.25, -0.2) is 0 Å². The van der Waals surface area contributed by atoms with Crippen molar-refractivity contribution in [3.05, 3.63) is 0 Å². The van der Waals surface area contributed by atoms with Crippen LogP contribution in [0.2, 0.25) is 0 Å². The van der Waals surface area contributed by atoms with E-state index in [-0.39, 0.29) is 17.5 Å². The van der Waals surface area contributed by atoms with Gasteiger partial charge in [0.25, 0.3) is 0 Å². The summed E-state index contributed by atoms with van der Waals surface area (Å²) < 4.78 is 4.74. The predicted octanol–water partition coefficient (Wildman–Crippen LogP) is 2.37. The van der Waals surface area contributed by atoms with Crippen molar-refractivity contribution in [2.45, 2.75) is 56.3 Å². The Balaban J connectivity index is 1.75. The van der Waals surface area contributed by atoms with Gasteiger partial charge < -0.3 is 9.84 Å². The summed E-state index contributed by atoms with van der Waals surface area (Å²) >= 11 is 1.87. The Morgan fingerprint density at radius 1 is 1.41 bits per heavy atom. The monoisotopic (exact) mass is 258 g/mol. The van der Waals surface area contributed by atoms with E-state index in [0.717, 1.165) is 37.9 Å². The quantitative estimate of drug-likeness (QED) is 0.769. The van der Waals surface area contributed by atoms with Gasteiger partial charge in [0.05, 0.1) is 19.6 Å². The highest BCUT2D eigenvalue weighted by Crippen LogP contribution is 2.52. The molecule has 0 aromatic rings. The number of aliphatic hydroxyl groups excluding tert-OH is 1. The summed E-state index contributed by atoms with van der Waals surface area (Å²) in [5, 5.41) is 10.3. The van der Waals surface area contributed by atoms with Crippen LogP contribution in [0.4, 0.5) is 0 Å². The number of carbonyl (C=O) groups excluding carboxylic acids is 1. The second-order valence-electron chi connectivity index (χ2n) is 5.45. The van der Waals surface area contributed by atoms with Crippen molar-refractivity contribution in [2.75, 3.05) is 12.9 Å². The van der Waals surface area contributed by atoms with Crippen molar-refractivity contribution < 1.29 is 14.6 Å². The number of aliphatic hydroxyl groups is 1. The molecule has 0 bridgehead atoms. The third-order valence-electron chi connectivity index (χ3n) is 3.98. The van der Waals surface area contributed by atoms with E-state index in [1.807, 2.05) is 11.8 Å². The first-order valence-electron chi connectivity index (χ1n) is 6.52. The molecule has 2 rings (SSSR count). The molecule has 0 aliphatic heterocycles. The third kappa shape index (κ3) is 3.62. The molecule has 0 unspecified atom stereocenters. The molecule has 2 aliphatic carbocycles. The fourth-order valence-electron chi connectivity index (χ4n) is 2.48. The topological polar surface area (TPSA) is 46.5 Å². The predicted molar refractivity (Wildman–Crippen MR) is 69.0 cm³/mol. The largest absolute Gasteiger partial charge is 0.469 e. The first-order chi connectivity index (χ1) is 8.15. The smallest absolute Gasteiger partial charge is 0.306 e. The number of hydrogen-bond donors (Lipinski definition) is 1. The minimum Gasteiger partial charge on any atom is -0.469 e. The fraction of sp³-hybridized carbons (Fsp3) is 0.923. The first kappa shape index (κ1) is 13.2. The van der Waals surface area contributed by atoms with Gasteiger partial charge in [-0.2, -0.15) is 11.8 Å². The Kier molecular flexibility index (Phi) is 4.36. The Morgan fingerprint density at radius 2 is 2.12 bits per heavy atom. The lowest BCUT2D eigenvalue weighted by Crippen LogP contribution is -2.28. The molecule has 0 aromatic heterocycles. The molecular formula is C13H22O3S. The van der Waals surface area contributed by atoms with E-state index in [1.54, 1.807) is 0 Å². The van der Waals surface area contributed by atoms with Gasteiger partial charge in [0.1, 0.15) is 0 Å². The van der Waals surface area contributed by atoms with E-state index in [9.17, 15) is 9.90 Å². The summed E-state index contributed by atoms with van der Waals surface area (Å²) in [6.45, 7) is 0. The molecule has 3 nitrogen and oxygen atoms in total. The minimum atomic E-state index is -0.136. The maximum absolute atomic E-state index is 11.3. The molecule has 1 N–H and O–H groups in total. The number of rotatable bonds is 5. The number of esters is 1. The Bertz CT molecular complexity index is 276. The van der Waals surface area contributed by atoms with Gasteiger partial charge in [0.2, 0.25) is 0 Å². The fourth-order valence-corrected chi connectivity index (χ4v) is 4.13. The molecule has 4 heteroatoms. The van der Waals surface area contributed by atoms with Gasteiger partial charge in [-0.1, -0.05) is 12.8 Å². The van der Waals surface area contributed by atoms with Crippen molar-refractivity contribution in [2.24, 2.45) is 5.41 Å². The summed E-state index contributed by atoms with van der Waals surface area (Å²) in [7, 11) is 1.45. The second-order valence-corrected chi connectivity index (χ2v) is 6.68.